The molecule has 0 unspecified atom stereocenters. The number of unbranched alkanes of at least 4 members (excludes halogenated alkanes) is 10. The van der Waals surface area contributed by atoms with Crippen LogP contribution in [0.15, 0.2) is 54.6 Å². The normalized spacial score (nSPS) is 10.6. The summed E-state index contributed by atoms with van der Waals surface area (Å²) >= 11 is 5.30. The summed E-state index contributed by atoms with van der Waals surface area (Å²) in [5, 5.41) is 6.18. The Balaban J connectivity index is 1.54. The van der Waals surface area contributed by atoms with E-state index in [9.17, 15) is 4.79 Å². The number of hydrogen-bond acceptors (Lipinski definition) is 3. The topological polar surface area (TPSA) is 50.4 Å². The number of anilines is 1. The third kappa shape index (κ3) is 13.0. The monoisotopic (exact) mass is 468 g/mol. The van der Waals surface area contributed by atoms with E-state index >= 15 is 0 Å². The second-order valence-electron chi connectivity index (χ2n) is 8.59. The van der Waals surface area contributed by atoms with E-state index in [4.69, 9.17) is 17.0 Å². The maximum Gasteiger partial charge on any atom is 0.226 e. The highest BCUT2D eigenvalue weighted by atomic mass is 32.1. The summed E-state index contributed by atoms with van der Waals surface area (Å²) in [6.45, 7) is 2.76. The Hall–Kier alpha value is -2.40. The van der Waals surface area contributed by atoms with Crippen LogP contribution in [-0.2, 0) is 11.4 Å². The van der Waals surface area contributed by atoms with Crippen LogP contribution in [0.2, 0.25) is 0 Å². The summed E-state index contributed by atoms with van der Waals surface area (Å²) in [7, 11) is 0. The highest BCUT2D eigenvalue weighted by Gasteiger charge is 2.06. The molecular weight excluding hydrogens is 428 g/mol. The molecule has 2 N–H and O–H groups in total. The predicted molar refractivity (Wildman–Crippen MR) is 143 cm³/mol. The molecule has 33 heavy (non-hydrogen) atoms. The molecule has 0 aromatic heterocycles. The third-order valence-corrected chi connectivity index (χ3v) is 5.80. The number of carbonyl (C=O) groups is 1. The molecule has 0 bridgehead atoms. The average molecular weight is 469 g/mol. The molecule has 2 aromatic rings. The SMILES string of the molecule is CCCCCCCCCCCCCC(=O)NC(=S)Nc1cccc(OCc2ccccc2)c1. The lowest BCUT2D eigenvalue weighted by atomic mass is 10.1. The highest BCUT2D eigenvalue weighted by Crippen LogP contribution is 2.19. The molecule has 0 spiro atoms. The van der Waals surface area contributed by atoms with Crippen molar-refractivity contribution in [2.75, 3.05) is 5.32 Å². The Morgan fingerprint density at radius 3 is 2.12 bits per heavy atom. The van der Waals surface area contributed by atoms with Gasteiger partial charge in [-0.25, -0.2) is 0 Å². The molecule has 2 rings (SSSR count). The first kappa shape index (κ1) is 26.8. The number of nitrogens with one attached hydrogen (secondary N) is 2. The minimum atomic E-state index is -0.0279. The number of ether oxygens (including phenoxy) is 1. The number of amides is 1. The second kappa shape index (κ2) is 17.1. The van der Waals surface area contributed by atoms with E-state index in [-0.39, 0.29) is 5.91 Å². The standard InChI is InChI=1S/C28H40N2O2S/c1-2-3-4-5-6-7-8-9-10-11-15-21-27(31)30-28(33)29-25-19-16-20-26(22-25)32-23-24-17-13-12-14-18-24/h12-14,16-20,22H,2-11,15,21,23H2,1H3,(H2,29,30,31,33). The largest absolute Gasteiger partial charge is 0.489 e. The van der Waals surface area contributed by atoms with Gasteiger partial charge in [-0.3, -0.25) is 4.79 Å². The number of hydrogen-bond donors (Lipinski definition) is 2. The van der Waals surface area contributed by atoms with E-state index < -0.39 is 0 Å². The van der Waals surface area contributed by atoms with Crippen LogP contribution in [-0.4, -0.2) is 11.0 Å². The van der Waals surface area contributed by atoms with Gasteiger partial charge >= 0.3 is 0 Å². The first-order valence-corrected chi connectivity index (χ1v) is 13.0. The van der Waals surface area contributed by atoms with Gasteiger partial charge in [0.15, 0.2) is 5.11 Å². The van der Waals surface area contributed by atoms with Crippen molar-refractivity contribution in [3.8, 4) is 5.75 Å². The van der Waals surface area contributed by atoms with Gasteiger partial charge in [0, 0.05) is 18.2 Å². The van der Waals surface area contributed by atoms with Crippen molar-refractivity contribution in [2.45, 2.75) is 90.6 Å². The Labute approximate surface area is 205 Å². The van der Waals surface area contributed by atoms with Gasteiger partial charge < -0.3 is 15.4 Å². The van der Waals surface area contributed by atoms with E-state index in [1.54, 1.807) is 0 Å². The Bertz CT molecular complexity index is 811. The van der Waals surface area contributed by atoms with Crippen molar-refractivity contribution >= 4 is 28.9 Å². The molecule has 0 saturated carbocycles. The maximum atomic E-state index is 12.2. The van der Waals surface area contributed by atoms with Crippen molar-refractivity contribution in [3.05, 3.63) is 60.2 Å². The van der Waals surface area contributed by atoms with Gasteiger partial charge in [-0.15, -0.1) is 0 Å². The van der Waals surface area contributed by atoms with E-state index in [1.165, 1.54) is 57.8 Å². The molecule has 5 heteroatoms. The lowest BCUT2D eigenvalue weighted by molar-refractivity contribution is -0.119. The number of carbonyl (C=O) groups excluding carboxylic acids is 1. The van der Waals surface area contributed by atoms with Crippen LogP contribution < -0.4 is 15.4 Å². The smallest absolute Gasteiger partial charge is 0.226 e. The van der Waals surface area contributed by atoms with E-state index in [0.29, 0.717) is 18.1 Å². The molecule has 0 heterocycles. The van der Waals surface area contributed by atoms with Crippen LogP contribution in [0.4, 0.5) is 5.69 Å². The molecule has 0 aliphatic rings. The van der Waals surface area contributed by atoms with Crippen LogP contribution in [0.5, 0.6) is 5.75 Å². The Morgan fingerprint density at radius 1 is 0.818 bits per heavy atom. The Kier molecular flexibility index (Phi) is 13.9. The number of benzene rings is 2. The van der Waals surface area contributed by atoms with Crippen LogP contribution in [0.1, 0.15) is 89.5 Å². The second-order valence-corrected chi connectivity index (χ2v) is 9.00. The van der Waals surface area contributed by atoms with Crippen LogP contribution >= 0.6 is 12.2 Å². The van der Waals surface area contributed by atoms with E-state index in [0.717, 1.165) is 29.8 Å². The van der Waals surface area contributed by atoms with Crippen molar-refractivity contribution < 1.29 is 9.53 Å². The lowest BCUT2D eigenvalue weighted by Gasteiger charge is -2.11. The zero-order chi connectivity index (χ0) is 23.6. The molecule has 0 aliphatic carbocycles. The molecule has 0 atom stereocenters. The molecule has 0 fully saturated rings. The summed E-state index contributed by atoms with van der Waals surface area (Å²) in [5.74, 6) is 0.721. The highest BCUT2D eigenvalue weighted by molar-refractivity contribution is 7.80. The molecule has 180 valence electrons. The van der Waals surface area contributed by atoms with Gasteiger partial charge in [-0.2, -0.15) is 0 Å². The van der Waals surface area contributed by atoms with Gasteiger partial charge in [0.2, 0.25) is 5.91 Å². The fraction of sp³-hybridized carbons (Fsp3) is 0.500. The van der Waals surface area contributed by atoms with Gasteiger partial charge in [0.05, 0.1) is 0 Å². The molecule has 2 aromatic carbocycles. The predicted octanol–water partition coefficient (Wildman–Crippen LogP) is 7.78. The molecule has 1 amide bonds. The average Bonchev–Trinajstić information content (AvgIpc) is 2.82. The van der Waals surface area contributed by atoms with Gasteiger partial charge in [-0.1, -0.05) is 108 Å². The fourth-order valence-electron chi connectivity index (χ4n) is 3.71. The molecule has 4 nitrogen and oxygen atoms in total. The van der Waals surface area contributed by atoms with Crippen LogP contribution in [0, 0.1) is 0 Å². The third-order valence-electron chi connectivity index (χ3n) is 5.60. The summed E-state index contributed by atoms with van der Waals surface area (Å²) < 4.78 is 5.85. The van der Waals surface area contributed by atoms with Crippen molar-refractivity contribution in [1.82, 2.24) is 5.32 Å². The summed E-state index contributed by atoms with van der Waals surface area (Å²) in [6, 6.07) is 17.6. The summed E-state index contributed by atoms with van der Waals surface area (Å²) in [5.41, 5.74) is 1.90. The van der Waals surface area contributed by atoms with Crippen molar-refractivity contribution in [1.29, 1.82) is 0 Å². The van der Waals surface area contributed by atoms with Crippen molar-refractivity contribution in [3.63, 3.8) is 0 Å². The molecule has 0 radical (unpaired) electrons. The van der Waals surface area contributed by atoms with Crippen LogP contribution in [0.3, 0.4) is 0 Å². The van der Waals surface area contributed by atoms with Crippen molar-refractivity contribution in [2.24, 2.45) is 0 Å². The number of thiocarbonyl (C=S) groups is 1. The molecular formula is C28H40N2O2S. The Morgan fingerprint density at radius 2 is 1.45 bits per heavy atom. The fourth-order valence-corrected chi connectivity index (χ4v) is 3.94. The van der Waals surface area contributed by atoms with Gasteiger partial charge in [0.25, 0.3) is 0 Å². The summed E-state index contributed by atoms with van der Waals surface area (Å²) in [4.78, 5) is 12.2. The van der Waals surface area contributed by atoms with Gasteiger partial charge in [0.1, 0.15) is 12.4 Å². The zero-order valence-corrected chi connectivity index (χ0v) is 20.9. The van der Waals surface area contributed by atoms with Crippen LogP contribution in [0.25, 0.3) is 0 Å². The minimum absolute atomic E-state index is 0.0279. The van der Waals surface area contributed by atoms with E-state index in [1.807, 2.05) is 54.6 Å². The first-order chi connectivity index (χ1) is 16.2. The first-order valence-electron chi connectivity index (χ1n) is 12.5. The maximum absolute atomic E-state index is 12.2. The zero-order valence-electron chi connectivity index (χ0n) is 20.1. The quantitative estimate of drug-likeness (QED) is 0.195. The molecule has 0 saturated heterocycles. The minimum Gasteiger partial charge on any atom is -0.489 e. The summed E-state index contributed by atoms with van der Waals surface area (Å²) in [6.07, 6.45) is 14.5. The molecule has 0 aliphatic heterocycles. The van der Waals surface area contributed by atoms with Gasteiger partial charge in [-0.05, 0) is 36.3 Å². The number of rotatable bonds is 16. The lowest BCUT2D eigenvalue weighted by Crippen LogP contribution is -2.33. The van der Waals surface area contributed by atoms with E-state index in [2.05, 4.69) is 17.6 Å².